The highest BCUT2D eigenvalue weighted by Crippen LogP contribution is 2.25. The highest BCUT2D eigenvalue weighted by Gasteiger charge is 2.38. The summed E-state index contributed by atoms with van der Waals surface area (Å²) in [6, 6.07) is 6.11. The van der Waals surface area contributed by atoms with E-state index in [1.54, 1.807) is 0 Å². The van der Waals surface area contributed by atoms with E-state index >= 15 is 0 Å². The Morgan fingerprint density at radius 2 is 2.00 bits per heavy atom. The summed E-state index contributed by atoms with van der Waals surface area (Å²) in [6.07, 6.45) is 2.38. The van der Waals surface area contributed by atoms with Crippen molar-refractivity contribution >= 4 is 10.9 Å². The van der Waals surface area contributed by atoms with Crippen molar-refractivity contribution in [2.45, 2.75) is 66.0 Å². The number of nitrogens with one attached hydrogen (secondary N) is 2. The van der Waals surface area contributed by atoms with Crippen molar-refractivity contribution in [3.8, 4) is 0 Å². The minimum atomic E-state index is -0.269. The lowest BCUT2D eigenvalue weighted by Crippen LogP contribution is -3.14. The zero-order chi connectivity index (χ0) is 21.6. The maximum atomic E-state index is 13.3. The molecule has 1 aliphatic heterocycles. The smallest absolute Gasteiger partial charge is 0.258 e. The maximum Gasteiger partial charge on any atom is 0.258 e. The van der Waals surface area contributed by atoms with Crippen molar-refractivity contribution in [1.82, 2.24) is 25.2 Å². The third kappa shape index (κ3) is 3.78. The molecular formula is C23H33N6O+. The number of likely N-dealkylation sites (tertiary alicyclic amines) is 1. The molecule has 0 radical (unpaired) electrons. The fourth-order valence-corrected chi connectivity index (χ4v) is 4.90. The zero-order valence-electron chi connectivity index (χ0n) is 18.9. The molecule has 0 spiro atoms. The molecule has 1 aromatic carbocycles. The number of rotatable bonds is 3. The van der Waals surface area contributed by atoms with Gasteiger partial charge < -0.3 is 9.88 Å². The number of hydrogen-bond donors (Lipinski definition) is 2. The molecule has 0 saturated carbocycles. The number of H-pyrrole nitrogens is 1. The van der Waals surface area contributed by atoms with E-state index in [2.05, 4.69) is 73.3 Å². The van der Waals surface area contributed by atoms with Gasteiger partial charge in [0.2, 0.25) is 5.82 Å². The minimum Gasteiger partial charge on any atom is -0.322 e. The van der Waals surface area contributed by atoms with Crippen LogP contribution in [0, 0.1) is 19.8 Å². The van der Waals surface area contributed by atoms with Crippen LogP contribution in [0.5, 0.6) is 0 Å². The standard InChI is InChI=1S/C23H32N6O/c1-14-8-7-9-28(13-14)20(21-25-26-27-29(21)23(4,5)6)18-12-17-11-15(2)10-16(3)19(17)24-22(18)30/h10-12,14,20H,7-9,13H2,1-6H3,(H,24,30)/p+1/t14-,20+/m0/s1. The second-order valence-electron chi connectivity index (χ2n) is 10.0. The number of pyridine rings is 1. The average Bonchev–Trinajstić information content (AvgIpc) is 3.13. The summed E-state index contributed by atoms with van der Waals surface area (Å²) in [7, 11) is 0. The number of fused-ring (bicyclic) bond motifs is 1. The number of aryl methyl sites for hydroxylation is 2. The van der Waals surface area contributed by atoms with Crippen LogP contribution in [0.4, 0.5) is 0 Å². The van der Waals surface area contributed by atoms with E-state index in [0.29, 0.717) is 5.92 Å². The van der Waals surface area contributed by atoms with Gasteiger partial charge in [0.05, 0.1) is 29.7 Å². The normalized spacial score (nSPS) is 21.1. The number of aromatic nitrogens is 5. The van der Waals surface area contributed by atoms with Crippen molar-refractivity contribution < 1.29 is 4.90 Å². The Morgan fingerprint density at radius 3 is 2.70 bits per heavy atom. The Kier molecular flexibility index (Phi) is 5.26. The van der Waals surface area contributed by atoms with Gasteiger partial charge in [0.25, 0.3) is 5.56 Å². The lowest BCUT2D eigenvalue weighted by Gasteiger charge is -2.34. The number of tetrazole rings is 1. The fourth-order valence-electron chi connectivity index (χ4n) is 4.90. The molecule has 2 N–H and O–H groups in total. The first-order valence-corrected chi connectivity index (χ1v) is 10.9. The summed E-state index contributed by atoms with van der Waals surface area (Å²) in [5, 5.41) is 13.8. The molecule has 7 heteroatoms. The first-order valence-electron chi connectivity index (χ1n) is 10.9. The predicted octanol–water partition coefficient (Wildman–Crippen LogP) is 2.29. The van der Waals surface area contributed by atoms with Gasteiger partial charge in [0, 0.05) is 5.92 Å². The Bertz CT molecular complexity index is 1120. The van der Waals surface area contributed by atoms with Crippen molar-refractivity contribution in [2.75, 3.05) is 13.1 Å². The molecule has 1 fully saturated rings. The molecule has 3 atom stereocenters. The topological polar surface area (TPSA) is 80.9 Å². The van der Waals surface area contributed by atoms with Gasteiger partial charge in [-0.3, -0.25) is 4.79 Å². The third-order valence-electron chi connectivity index (χ3n) is 6.23. The van der Waals surface area contributed by atoms with Crippen LogP contribution in [0.1, 0.15) is 69.1 Å². The van der Waals surface area contributed by atoms with Crippen LogP contribution in [0.25, 0.3) is 10.9 Å². The first-order chi connectivity index (χ1) is 14.1. The molecule has 0 amide bonds. The summed E-state index contributed by atoms with van der Waals surface area (Å²) in [4.78, 5) is 17.9. The van der Waals surface area contributed by atoms with E-state index in [9.17, 15) is 4.79 Å². The van der Waals surface area contributed by atoms with E-state index in [1.165, 1.54) is 16.9 Å². The second-order valence-corrected chi connectivity index (χ2v) is 10.0. The molecule has 1 unspecified atom stereocenters. The lowest BCUT2D eigenvalue weighted by molar-refractivity contribution is -0.934. The van der Waals surface area contributed by atoms with E-state index < -0.39 is 0 Å². The molecular weight excluding hydrogens is 376 g/mol. The van der Waals surface area contributed by atoms with Gasteiger partial charge >= 0.3 is 0 Å². The van der Waals surface area contributed by atoms with Gasteiger partial charge in [-0.2, -0.15) is 0 Å². The van der Waals surface area contributed by atoms with Crippen molar-refractivity contribution in [2.24, 2.45) is 5.92 Å². The van der Waals surface area contributed by atoms with Gasteiger partial charge in [-0.1, -0.05) is 18.6 Å². The summed E-state index contributed by atoms with van der Waals surface area (Å²) < 4.78 is 1.88. The summed E-state index contributed by atoms with van der Waals surface area (Å²) in [6.45, 7) is 14.7. The molecule has 2 aromatic heterocycles. The molecule has 7 nitrogen and oxygen atoms in total. The Hall–Kier alpha value is -2.54. The number of aromatic amines is 1. The SMILES string of the molecule is Cc1cc(C)c2[nH]c(=O)c([C@H](c3nnnn3C(C)(C)C)[NH+]3CCC[C@H](C)C3)cc2c1. The number of quaternary nitrogens is 1. The monoisotopic (exact) mass is 409 g/mol. The first kappa shape index (κ1) is 20.7. The molecule has 160 valence electrons. The minimum absolute atomic E-state index is 0.0476. The van der Waals surface area contributed by atoms with Crippen LogP contribution < -0.4 is 10.5 Å². The summed E-state index contributed by atoms with van der Waals surface area (Å²) in [5.41, 5.74) is 3.61. The third-order valence-corrected chi connectivity index (χ3v) is 6.23. The fraction of sp³-hybridized carbons (Fsp3) is 0.565. The maximum absolute atomic E-state index is 13.3. The zero-order valence-corrected chi connectivity index (χ0v) is 18.9. The number of piperidine rings is 1. The molecule has 3 heterocycles. The van der Waals surface area contributed by atoms with Gasteiger partial charge in [-0.25, -0.2) is 4.68 Å². The van der Waals surface area contributed by atoms with E-state index in [0.717, 1.165) is 47.4 Å². The van der Waals surface area contributed by atoms with E-state index in [4.69, 9.17) is 0 Å². The lowest BCUT2D eigenvalue weighted by atomic mass is 9.94. The molecule has 1 aliphatic rings. The van der Waals surface area contributed by atoms with Crippen LogP contribution in [0.2, 0.25) is 0 Å². The molecule has 0 aliphatic carbocycles. The number of benzene rings is 1. The van der Waals surface area contributed by atoms with E-state index in [-0.39, 0.29) is 17.1 Å². The van der Waals surface area contributed by atoms with Crippen molar-refractivity contribution in [1.29, 1.82) is 0 Å². The van der Waals surface area contributed by atoms with Gasteiger partial charge in [0.1, 0.15) is 0 Å². The van der Waals surface area contributed by atoms with Crippen LogP contribution >= 0.6 is 0 Å². The number of hydrogen-bond acceptors (Lipinski definition) is 4. The van der Waals surface area contributed by atoms with Gasteiger partial charge in [-0.15, -0.1) is 5.10 Å². The van der Waals surface area contributed by atoms with Crippen LogP contribution in [-0.2, 0) is 5.54 Å². The predicted molar refractivity (Wildman–Crippen MR) is 118 cm³/mol. The summed E-state index contributed by atoms with van der Waals surface area (Å²) >= 11 is 0. The molecule has 30 heavy (non-hydrogen) atoms. The Balaban J connectivity index is 1.94. The molecule has 3 aromatic rings. The second kappa shape index (κ2) is 7.61. The van der Waals surface area contributed by atoms with Crippen molar-refractivity contribution in [3.63, 3.8) is 0 Å². The van der Waals surface area contributed by atoms with Crippen molar-refractivity contribution in [3.05, 3.63) is 51.1 Å². The number of nitrogens with zero attached hydrogens (tertiary/aromatic N) is 4. The Labute approximate surface area is 177 Å². The van der Waals surface area contributed by atoms with Crippen LogP contribution in [0.3, 0.4) is 0 Å². The van der Waals surface area contributed by atoms with Crippen LogP contribution in [-0.4, -0.2) is 38.3 Å². The highest BCUT2D eigenvalue weighted by atomic mass is 16.1. The van der Waals surface area contributed by atoms with Gasteiger partial charge in [-0.05, 0) is 81.0 Å². The summed E-state index contributed by atoms with van der Waals surface area (Å²) in [5.74, 6) is 1.38. The largest absolute Gasteiger partial charge is 0.322 e. The Morgan fingerprint density at radius 1 is 1.23 bits per heavy atom. The molecule has 0 bridgehead atoms. The van der Waals surface area contributed by atoms with E-state index in [1.807, 2.05) is 11.6 Å². The molecule has 4 rings (SSSR count). The molecule has 1 saturated heterocycles. The quantitative estimate of drug-likeness (QED) is 0.696. The van der Waals surface area contributed by atoms with Crippen LogP contribution in [0.15, 0.2) is 23.0 Å². The highest BCUT2D eigenvalue weighted by molar-refractivity contribution is 5.83. The van der Waals surface area contributed by atoms with Gasteiger partial charge in [0.15, 0.2) is 6.04 Å². The average molecular weight is 410 g/mol.